The maximum Gasteiger partial charge on any atom is 0.250 e. The van der Waals surface area contributed by atoms with Gasteiger partial charge in [-0.1, -0.05) is 101 Å². The van der Waals surface area contributed by atoms with Crippen LogP contribution in [0.1, 0.15) is 83.1 Å². The zero-order valence-corrected chi connectivity index (χ0v) is 21.8. The van der Waals surface area contributed by atoms with Gasteiger partial charge in [-0.05, 0) is 71.1 Å². The summed E-state index contributed by atoms with van der Waals surface area (Å²) < 4.78 is 42.7. The second-order valence-electron chi connectivity index (χ2n) is 11.1. The highest BCUT2D eigenvalue weighted by atomic mass is 28.4. The molecule has 2 aromatic rings. The zero-order chi connectivity index (χ0) is 24.0. The molecule has 0 atom stereocenters. The lowest BCUT2D eigenvalue weighted by molar-refractivity contribution is 0.312. The molecule has 1 aliphatic heterocycles. The molecule has 1 saturated heterocycles. The second-order valence-corrected chi connectivity index (χ2v) is 14.9. The normalized spacial score (nSPS) is 27.6. The van der Waals surface area contributed by atoms with Gasteiger partial charge >= 0.3 is 0 Å². The van der Waals surface area contributed by atoms with Gasteiger partial charge in [0.2, 0.25) is 8.41 Å². The lowest BCUT2D eigenvalue weighted by atomic mass is 9.85. The van der Waals surface area contributed by atoms with Gasteiger partial charge in [0.1, 0.15) is 0 Å². The number of hydrogen-bond donors (Lipinski definition) is 0. The van der Waals surface area contributed by atoms with Gasteiger partial charge in [-0.3, -0.25) is 0 Å². The van der Waals surface area contributed by atoms with Crippen molar-refractivity contribution >= 4 is 8.41 Å². The molecule has 2 fully saturated rings. The Labute approximate surface area is 205 Å². The molecule has 0 spiro atoms. The molecule has 4 heteroatoms. The summed E-state index contributed by atoms with van der Waals surface area (Å²) >= 11 is 0. The topological polar surface area (TPSA) is 0 Å². The van der Waals surface area contributed by atoms with Gasteiger partial charge in [-0.2, -0.15) is 0 Å². The maximum absolute atomic E-state index is 16.0. The molecule has 4 rings (SSSR count). The number of rotatable bonds is 9. The molecule has 0 unspecified atom stereocenters. The third-order valence-corrected chi connectivity index (χ3v) is 13.1. The van der Waals surface area contributed by atoms with E-state index in [1.54, 1.807) is 6.07 Å². The van der Waals surface area contributed by atoms with E-state index in [0.29, 0.717) is 17.0 Å². The van der Waals surface area contributed by atoms with E-state index >= 15 is 4.11 Å². The average Bonchev–Trinajstić information content (AvgIpc) is 2.86. The molecular weight excluding hydrogens is 445 g/mol. The van der Waals surface area contributed by atoms with Crippen LogP contribution in [0.4, 0.5) is 12.9 Å². The predicted molar refractivity (Wildman–Crippen MR) is 139 cm³/mol. The summed E-state index contributed by atoms with van der Waals surface area (Å²) in [5.74, 6) is -0.118. The summed E-state index contributed by atoms with van der Waals surface area (Å²) in [5.41, 5.74) is 3.28. The van der Waals surface area contributed by atoms with E-state index in [9.17, 15) is 8.78 Å². The van der Waals surface area contributed by atoms with Gasteiger partial charge in [0, 0.05) is 0 Å². The second kappa shape index (κ2) is 11.9. The Morgan fingerprint density at radius 2 is 1.38 bits per heavy atom. The molecule has 1 heterocycles. The van der Waals surface area contributed by atoms with E-state index in [1.807, 2.05) is 12.1 Å². The molecule has 0 bridgehead atoms. The summed E-state index contributed by atoms with van der Waals surface area (Å²) in [6, 6.07) is 14.0. The Bertz CT molecular complexity index is 894. The van der Waals surface area contributed by atoms with E-state index in [-0.39, 0.29) is 0 Å². The lowest BCUT2D eigenvalue weighted by Gasteiger charge is -2.40. The van der Waals surface area contributed by atoms with E-state index in [0.717, 1.165) is 62.1 Å². The van der Waals surface area contributed by atoms with Crippen LogP contribution in [0.15, 0.2) is 42.5 Å². The van der Waals surface area contributed by atoms with Crippen LogP contribution in [0.25, 0.3) is 11.1 Å². The Morgan fingerprint density at radius 3 is 2.03 bits per heavy atom. The van der Waals surface area contributed by atoms with Crippen LogP contribution in [-0.2, 0) is 6.42 Å². The highest BCUT2D eigenvalue weighted by molar-refractivity contribution is 6.74. The van der Waals surface area contributed by atoms with Crippen molar-refractivity contribution in [1.82, 2.24) is 0 Å². The monoisotopic (exact) mass is 486 g/mol. The summed E-state index contributed by atoms with van der Waals surface area (Å²) in [6.07, 6.45) is 14.5. The third kappa shape index (κ3) is 6.56. The number of unbranched alkanes of at least 4 members (excludes halogenated alkanes) is 2. The summed E-state index contributed by atoms with van der Waals surface area (Å²) in [4.78, 5) is 0. The first-order valence-electron chi connectivity index (χ1n) is 13.7. The SMILES string of the molecule is CCCCCC1CCC([Si]2(F)CCC(CCc3ccc(-c4ccc(F)c(F)c4)cc3)CC2)CC1. The van der Waals surface area contributed by atoms with Gasteiger partial charge in [0.25, 0.3) is 0 Å². The van der Waals surface area contributed by atoms with Gasteiger partial charge in [0.15, 0.2) is 11.6 Å². The average molecular weight is 487 g/mol. The Kier molecular flexibility index (Phi) is 8.96. The van der Waals surface area contributed by atoms with Gasteiger partial charge in [-0.15, -0.1) is 0 Å². The minimum absolute atomic E-state index is 0.430. The van der Waals surface area contributed by atoms with E-state index < -0.39 is 20.0 Å². The fraction of sp³-hybridized carbons (Fsp3) is 0.600. The summed E-state index contributed by atoms with van der Waals surface area (Å²) in [7, 11) is -2.56. The zero-order valence-electron chi connectivity index (χ0n) is 20.8. The Hall–Kier alpha value is -1.55. The molecule has 1 aliphatic carbocycles. The molecule has 186 valence electrons. The molecule has 0 nitrogen and oxygen atoms in total. The first kappa shape index (κ1) is 25.5. The van der Waals surface area contributed by atoms with Crippen molar-refractivity contribution in [1.29, 1.82) is 0 Å². The van der Waals surface area contributed by atoms with Crippen LogP contribution < -0.4 is 0 Å². The van der Waals surface area contributed by atoms with E-state index in [2.05, 4.69) is 19.1 Å². The molecule has 0 radical (unpaired) electrons. The van der Waals surface area contributed by atoms with E-state index in [4.69, 9.17) is 0 Å². The predicted octanol–water partition coefficient (Wildman–Crippen LogP) is 10.0. The smallest absolute Gasteiger partial charge is 0.250 e. The molecule has 0 amide bonds. The number of hydrogen-bond acceptors (Lipinski definition) is 0. The lowest BCUT2D eigenvalue weighted by Crippen LogP contribution is -2.40. The summed E-state index contributed by atoms with van der Waals surface area (Å²) in [5, 5.41) is 0. The number of aryl methyl sites for hydroxylation is 1. The van der Waals surface area contributed by atoms with Crippen LogP contribution >= 0.6 is 0 Å². The molecular formula is C30H41F3Si. The molecule has 2 aliphatic rings. The van der Waals surface area contributed by atoms with Crippen molar-refractivity contribution < 1.29 is 12.9 Å². The highest BCUT2D eigenvalue weighted by Crippen LogP contribution is 2.49. The van der Waals surface area contributed by atoms with Crippen LogP contribution in [-0.4, -0.2) is 8.41 Å². The Balaban J connectivity index is 1.20. The molecule has 1 saturated carbocycles. The van der Waals surface area contributed by atoms with Crippen LogP contribution in [0.5, 0.6) is 0 Å². The fourth-order valence-electron chi connectivity index (χ4n) is 6.42. The van der Waals surface area contributed by atoms with Crippen LogP contribution in [0.3, 0.4) is 0 Å². The molecule has 0 N–H and O–H groups in total. The van der Waals surface area contributed by atoms with Crippen molar-refractivity contribution in [3.63, 3.8) is 0 Å². The van der Waals surface area contributed by atoms with Gasteiger partial charge in [-0.25, -0.2) is 8.78 Å². The van der Waals surface area contributed by atoms with Gasteiger partial charge < -0.3 is 4.11 Å². The minimum atomic E-state index is -2.56. The van der Waals surface area contributed by atoms with Crippen LogP contribution in [0, 0.1) is 23.5 Å². The number of halogens is 3. The first-order valence-corrected chi connectivity index (χ1v) is 16.1. The Morgan fingerprint density at radius 1 is 0.735 bits per heavy atom. The van der Waals surface area contributed by atoms with Crippen molar-refractivity contribution in [2.45, 2.75) is 102 Å². The highest BCUT2D eigenvalue weighted by Gasteiger charge is 2.46. The van der Waals surface area contributed by atoms with Crippen molar-refractivity contribution in [3.8, 4) is 11.1 Å². The molecule has 34 heavy (non-hydrogen) atoms. The molecule has 2 aromatic carbocycles. The van der Waals surface area contributed by atoms with Crippen molar-refractivity contribution in [2.75, 3.05) is 0 Å². The first-order chi connectivity index (χ1) is 16.5. The standard InChI is InChI=1S/C30H41F3Si/c1-2-3-4-5-23-10-15-28(16-11-23)34(33)20-18-25(19-21-34)7-6-24-8-12-26(13-9-24)27-14-17-29(31)30(32)22-27/h8-9,12-14,17,22-23,25,28H,2-7,10-11,15-16,18-21H2,1H3. The quantitative estimate of drug-likeness (QED) is 0.188. The van der Waals surface area contributed by atoms with Crippen molar-refractivity contribution in [3.05, 3.63) is 59.7 Å². The fourth-order valence-corrected chi connectivity index (χ4v) is 10.6. The minimum Gasteiger partial charge on any atom is -0.314 e. The third-order valence-electron chi connectivity index (χ3n) is 8.78. The van der Waals surface area contributed by atoms with Crippen LogP contribution in [0.2, 0.25) is 17.6 Å². The van der Waals surface area contributed by atoms with E-state index in [1.165, 1.54) is 56.2 Å². The number of benzene rings is 2. The van der Waals surface area contributed by atoms with Gasteiger partial charge in [0.05, 0.1) is 0 Å². The maximum atomic E-state index is 16.0. The molecule has 0 aromatic heterocycles. The largest absolute Gasteiger partial charge is 0.314 e. The van der Waals surface area contributed by atoms with Crippen molar-refractivity contribution in [2.24, 2.45) is 11.8 Å². The summed E-state index contributed by atoms with van der Waals surface area (Å²) in [6.45, 7) is 2.26.